The van der Waals surface area contributed by atoms with Crippen molar-refractivity contribution in [1.82, 2.24) is 14.5 Å². The number of sulfonamides is 1. The highest BCUT2D eigenvalue weighted by molar-refractivity contribution is 7.99. The van der Waals surface area contributed by atoms with Crippen LogP contribution < -0.4 is 0 Å². The van der Waals surface area contributed by atoms with Gasteiger partial charge in [0.1, 0.15) is 0 Å². The fourth-order valence-electron chi connectivity index (χ4n) is 3.78. The van der Waals surface area contributed by atoms with Crippen LogP contribution in [0.2, 0.25) is 0 Å². The van der Waals surface area contributed by atoms with Crippen molar-refractivity contribution in [3.05, 3.63) is 59.7 Å². The van der Waals surface area contributed by atoms with E-state index >= 15 is 0 Å². The van der Waals surface area contributed by atoms with Crippen molar-refractivity contribution in [2.75, 3.05) is 13.1 Å². The summed E-state index contributed by atoms with van der Waals surface area (Å²) in [4.78, 5) is 0.236. The van der Waals surface area contributed by atoms with Gasteiger partial charge in [0.25, 0.3) is 5.22 Å². The number of hydrogen-bond donors (Lipinski definition) is 0. The van der Waals surface area contributed by atoms with Crippen LogP contribution in [-0.2, 0) is 22.9 Å². The SMILES string of the molecule is CCN(CC)S(=O)(=O)c1cccc(-c2nnc(S[C@@H]3CCc4ccccc4C3)o2)c1. The average molecular weight is 444 g/mol. The Labute approximate surface area is 181 Å². The highest BCUT2D eigenvalue weighted by Crippen LogP contribution is 2.34. The molecule has 1 heterocycles. The standard InChI is InChI=1S/C22H25N3O3S2/c1-3-25(4-2)30(26,27)20-11-7-10-18(15-20)21-23-24-22(28-21)29-19-13-12-16-8-5-6-9-17(16)14-19/h5-11,15,19H,3-4,12-14H2,1-2H3/t19-/m1/s1. The van der Waals surface area contributed by atoms with Gasteiger partial charge in [-0.2, -0.15) is 4.31 Å². The molecule has 8 heteroatoms. The molecule has 30 heavy (non-hydrogen) atoms. The van der Waals surface area contributed by atoms with Crippen LogP contribution in [0.25, 0.3) is 11.5 Å². The highest BCUT2D eigenvalue weighted by Gasteiger charge is 2.24. The van der Waals surface area contributed by atoms with Crippen molar-refractivity contribution in [2.45, 2.75) is 48.5 Å². The predicted octanol–water partition coefficient (Wildman–Crippen LogP) is 4.42. The number of fused-ring (bicyclic) bond motifs is 1. The van der Waals surface area contributed by atoms with Gasteiger partial charge in [-0.3, -0.25) is 0 Å². The molecule has 1 aromatic heterocycles. The summed E-state index contributed by atoms with van der Waals surface area (Å²) >= 11 is 1.60. The fraction of sp³-hybridized carbons (Fsp3) is 0.364. The van der Waals surface area contributed by atoms with Gasteiger partial charge in [-0.15, -0.1) is 10.2 Å². The fourth-order valence-corrected chi connectivity index (χ4v) is 6.29. The van der Waals surface area contributed by atoms with Gasteiger partial charge in [0.05, 0.1) is 4.90 Å². The molecule has 0 N–H and O–H groups in total. The van der Waals surface area contributed by atoms with Crippen LogP contribution >= 0.6 is 11.8 Å². The second-order valence-electron chi connectivity index (χ2n) is 7.24. The van der Waals surface area contributed by atoms with Crippen LogP contribution in [-0.4, -0.2) is 41.3 Å². The Morgan fingerprint density at radius 1 is 1.07 bits per heavy atom. The van der Waals surface area contributed by atoms with Gasteiger partial charge < -0.3 is 4.42 Å². The zero-order chi connectivity index (χ0) is 21.1. The van der Waals surface area contributed by atoms with Crippen molar-refractivity contribution >= 4 is 21.8 Å². The Bertz CT molecular complexity index is 1120. The van der Waals surface area contributed by atoms with Crippen LogP contribution in [0.4, 0.5) is 0 Å². The van der Waals surface area contributed by atoms with Gasteiger partial charge in [-0.25, -0.2) is 8.42 Å². The maximum Gasteiger partial charge on any atom is 0.277 e. The number of hydrogen-bond acceptors (Lipinski definition) is 6. The maximum absolute atomic E-state index is 12.8. The Balaban J connectivity index is 1.51. The number of benzene rings is 2. The molecule has 0 unspecified atom stereocenters. The summed E-state index contributed by atoms with van der Waals surface area (Å²) in [5.74, 6) is 0.338. The molecule has 0 bridgehead atoms. The minimum absolute atomic E-state index is 0.236. The second kappa shape index (κ2) is 8.91. The average Bonchev–Trinajstić information content (AvgIpc) is 3.23. The van der Waals surface area contributed by atoms with Gasteiger partial charge in [-0.05, 0) is 48.6 Å². The normalized spacial score (nSPS) is 16.6. The second-order valence-corrected chi connectivity index (χ2v) is 10.4. The van der Waals surface area contributed by atoms with Crippen LogP contribution in [0.15, 0.2) is 63.1 Å². The van der Waals surface area contributed by atoms with E-state index < -0.39 is 10.0 Å². The maximum atomic E-state index is 12.8. The molecular formula is C22H25N3O3S2. The molecule has 0 spiro atoms. The molecule has 3 aromatic rings. The summed E-state index contributed by atoms with van der Waals surface area (Å²) < 4.78 is 32.9. The monoisotopic (exact) mass is 443 g/mol. The summed E-state index contributed by atoms with van der Waals surface area (Å²) in [6.07, 6.45) is 3.10. The van der Waals surface area contributed by atoms with Crippen molar-refractivity contribution < 1.29 is 12.8 Å². The predicted molar refractivity (Wildman–Crippen MR) is 118 cm³/mol. The third kappa shape index (κ3) is 4.31. The van der Waals surface area contributed by atoms with Gasteiger partial charge in [0, 0.05) is 23.9 Å². The molecule has 4 rings (SSSR count). The van der Waals surface area contributed by atoms with Gasteiger partial charge in [-0.1, -0.05) is 55.9 Å². The van der Waals surface area contributed by atoms with Gasteiger partial charge in [0.2, 0.25) is 15.9 Å². The summed E-state index contributed by atoms with van der Waals surface area (Å²) in [5.41, 5.74) is 3.42. The lowest BCUT2D eigenvalue weighted by Crippen LogP contribution is -2.30. The molecule has 0 amide bonds. The molecule has 158 valence electrons. The first-order valence-corrected chi connectivity index (χ1v) is 12.5. The number of aryl methyl sites for hydroxylation is 1. The van der Waals surface area contributed by atoms with Gasteiger partial charge >= 0.3 is 0 Å². The van der Waals surface area contributed by atoms with Crippen molar-refractivity contribution in [3.8, 4) is 11.5 Å². The number of nitrogens with zero attached hydrogens (tertiary/aromatic N) is 3. The molecule has 1 atom stereocenters. The van der Waals surface area contributed by atoms with Crippen LogP contribution in [0.5, 0.6) is 0 Å². The molecule has 0 aliphatic heterocycles. The number of thioether (sulfide) groups is 1. The van der Waals surface area contributed by atoms with E-state index in [0.29, 0.717) is 35.0 Å². The van der Waals surface area contributed by atoms with E-state index in [4.69, 9.17) is 4.42 Å². The van der Waals surface area contributed by atoms with E-state index in [1.165, 1.54) is 15.4 Å². The summed E-state index contributed by atoms with van der Waals surface area (Å²) in [5, 5.41) is 9.26. The highest BCUT2D eigenvalue weighted by atomic mass is 32.2. The molecule has 0 saturated carbocycles. The number of aromatic nitrogens is 2. The van der Waals surface area contributed by atoms with E-state index in [9.17, 15) is 8.42 Å². The van der Waals surface area contributed by atoms with E-state index in [1.54, 1.807) is 36.0 Å². The van der Waals surface area contributed by atoms with E-state index in [-0.39, 0.29) is 4.90 Å². The lowest BCUT2D eigenvalue weighted by molar-refractivity contribution is 0.445. The molecule has 0 radical (unpaired) electrons. The Morgan fingerprint density at radius 3 is 2.60 bits per heavy atom. The third-order valence-corrected chi connectivity index (χ3v) is 8.55. The van der Waals surface area contributed by atoms with Crippen molar-refractivity contribution in [2.24, 2.45) is 0 Å². The molecule has 0 saturated heterocycles. The summed E-state index contributed by atoms with van der Waals surface area (Å²) in [6, 6.07) is 15.3. The lowest BCUT2D eigenvalue weighted by atomic mass is 9.92. The van der Waals surface area contributed by atoms with E-state index in [0.717, 1.165) is 19.3 Å². The molecule has 6 nitrogen and oxygen atoms in total. The quantitative estimate of drug-likeness (QED) is 0.538. The Morgan fingerprint density at radius 2 is 1.83 bits per heavy atom. The van der Waals surface area contributed by atoms with Crippen LogP contribution in [0, 0.1) is 0 Å². The summed E-state index contributed by atoms with van der Waals surface area (Å²) in [7, 11) is -3.54. The van der Waals surface area contributed by atoms with Crippen molar-refractivity contribution in [3.63, 3.8) is 0 Å². The first-order valence-electron chi connectivity index (χ1n) is 10.2. The minimum Gasteiger partial charge on any atom is -0.411 e. The first kappa shape index (κ1) is 21.1. The van der Waals surface area contributed by atoms with E-state index in [2.05, 4.69) is 34.5 Å². The van der Waals surface area contributed by atoms with Crippen LogP contribution in [0.1, 0.15) is 31.4 Å². The zero-order valence-electron chi connectivity index (χ0n) is 17.1. The molecular weight excluding hydrogens is 418 g/mol. The molecule has 2 aromatic carbocycles. The molecule has 1 aliphatic rings. The minimum atomic E-state index is -3.54. The zero-order valence-corrected chi connectivity index (χ0v) is 18.7. The Kier molecular flexibility index (Phi) is 6.26. The summed E-state index contributed by atoms with van der Waals surface area (Å²) in [6.45, 7) is 4.51. The smallest absolute Gasteiger partial charge is 0.277 e. The van der Waals surface area contributed by atoms with Crippen molar-refractivity contribution in [1.29, 1.82) is 0 Å². The largest absolute Gasteiger partial charge is 0.411 e. The molecule has 1 aliphatic carbocycles. The topological polar surface area (TPSA) is 76.3 Å². The van der Waals surface area contributed by atoms with Gasteiger partial charge in [0.15, 0.2) is 0 Å². The molecule has 0 fully saturated rings. The lowest BCUT2D eigenvalue weighted by Gasteiger charge is -2.22. The van der Waals surface area contributed by atoms with E-state index in [1.807, 2.05) is 13.8 Å². The Hall–Kier alpha value is -2.16. The third-order valence-electron chi connectivity index (χ3n) is 5.40. The first-order chi connectivity index (χ1) is 14.5. The number of rotatable bonds is 7. The van der Waals surface area contributed by atoms with Crippen LogP contribution in [0.3, 0.4) is 0 Å².